The lowest BCUT2D eigenvalue weighted by Gasteiger charge is -2.32. The summed E-state index contributed by atoms with van der Waals surface area (Å²) in [7, 11) is -1.24. The quantitative estimate of drug-likeness (QED) is 0.165. The van der Waals surface area contributed by atoms with Crippen molar-refractivity contribution in [3.8, 4) is 0 Å². The summed E-state index contributed by atoms with van der Waals surface area (Å²) in [5.74, 6) is -0.623. The fourth-order valence-corrected chi connectivity index (χ4v) is 2.63. The maximum Gasteiger partial charge on any atom is 0.333 e. The lowest BCUT2D eigenvalue weighted by Crippen LogP contribution is -2.44. The Morgan fingerprint density at radius 1 is 1.50 bits per heavy atom. The molecule has 3 atom stereocenters. The Morgan fingerprint density at radius 2 is 2.18 bits per heavy atom. The summed E-state index contributed by atoms with van der Waals surface area (Å²) in [5, 5.41) is 3.50. The van der Waals surface area contributed by atoms with Crippen LogP contribution in [0.4, 0.5) is 0 Å². The van der Waals surface area contributed by atoms with Crippen LogP contribution in [-0.2, 0) is 33.3 Å². The van der Waals surface area contributed by atoms with Crippen LogP contribution in [0.2, 0.25) is 0 Å². The molecule has 0 aromatic carbocycles. The molecule has 22 heavy (non-hydrogen) atoms. The number of nitrogens with zero attached hydrogens (tertiary/aromatic N) is 3. The summed E-state index contributed by atoms with van der Waals surface area (Å²) < 4.78 is 42.4. The fourth-order valence-electron chi connectivity index (χ4n) is 1.99. The van der Waals surface area contributed by atoms with Crippen molar-refractivity contribution in [3.63, 3.8) is 0 Å². The van der Waals surface area contributed by atoms with Crippen molar-refractivity contribution in [1.29, 1.82) is 0 Å². The number of hydrogen-bond acceptors (Lipinski definition) is 8. The third-order valence-corrected chi connectivity index (χ3v) is 3.38. The van der Waals surface area contributed by atoms with Crippen LogP contribution in [0, 0.1) is 0 Å². The first-order valence-electron chi connectivity index (χ1n) is 6.14. The van der Waals surface area contributed by atoms with Crippen molar-refractivity contribution in [1.82, 2.24) is 0 Å². The minimum atomic E-state index is -3.83. The first-order valence-corrected chi connectivity index (χ1v) is 7.96. The monoisotopic (exact) mass is 335 g/mol. The SMILES string of the molecule is COCOC1C=C(C(=O)OC)CC(N=[N+]=[N-])[C@@H]1OS(C)(=O)=O. The van der Waals surface area contributed by atoms with Crippen LogP contribution in [-0.4, -0.2) is 59.9 Å². The molecule has 1 rings (SSSR count). The van der Waals surface area contributed by atoms with Gasteiger partial charge in [0.1, 0.15) is 19.0 Å². The van der Waals surface area contributed by atoms with Crippen molar-refractivity contribution < 1.29 is 31.6 Å². The Morgan fingerprint density at radius 3 is 2.68 bits per heavy atom. The van der Waals surface area contributed by atoms with E-state index in [9.17, 15) is 13.2 Å². The van der Waals surface area contributed by atoms with E-state index in [-0.39, 0.29) is 18.8 Å². The highest BCUT2D eigenvalue weighted by Crippen LogP contribution is 2.28. The molecule has 10 nitrogen and oxygen atoms in total. The topological polar surface area (TPSA) is 137 Å². The normalized spacial score (nSPS) is 25.0. The molecule has 2 unspecified atom stereocenters. The molecule has 0 N–H and O–H groups in total. The van der Waals surface area contributed by atoms with Gasteiger partial charge in [-0.15, -0.1) is 0 Å². The molecule has 0 aliphatic heterocycles. The van der Waals surface area contributed by atoms with Gasteiger partial charge in [-0.05, 0) is 18.0 Å². The number of rotatable bonds is 7. The van der Waals surface area contributed by atoms with Gasteiger partial charge >= 0.3 is 5.97 Å². The summed E-state index contributed by atoms with van der Waals surface area (Å²) in [6.45, 7) is -0.164. The molecule has 0 aromatic rings. The highest BCUT2D eigenvalue weighted by Gasteiger charge is 2.38. The lowest BCUT2D eigenvalue weighted by molar-refractivity contribution is -0.137. The van der Waals surface area contributed by atoms with Gasteiger partial charge in [0.2, 0.25) is 0 Å². The summed E-state index contributed by atoms with van der Waals surface area (Å²) in [6.07, 6.45) is 0.170. The van der Waals surface area contributed by atoms with Crippen LogP contribution in [0.15, 0.2) is 16.8 Å². The van der Waals surface area contributed by atoms with E-state index in [1.807, 2.05) is 0 Å². The average molecular weight is 335 g/mol. The average Bonchev–Trinajstić information content (AvgIpc) is 2.45. The first-order chi connectivity index (χ1) is 10.3. The van der Waals surface area contributed by atoms with Crippen molar-refractivity contribution in [2.75, 3.05) is 27.3 Å². The van der Waals surface area contributed by atoms with Crippen LogP contribution < -0.4 is 0 Å². The van der Waals surface area contributed by atoms with Gasteiger partial charge in [-0.3, -0.25) is 4.18 Å². The van der Waals surface area contributed by atoms with Crippen LogP contribution >= 0.6 is 0 Å². The van der Waals surface area contributed by atoms with E-state index in [0.717, 1.165) is 6.26 Å². The van der Waals surface area contributed by atoms with Gasteiger partial charge in [0.15, 0.2) is 0 Å². The maximum absolute atomic E-state index is 11.7. The van der Waals surface area contributed by atoms with E-state index >= 15 is 0 Å². The number of ether oxygens (including phenoxy) is 3. The Hall–Kier alpha value is -1.65. The molecular weight excluding hydrogens is 318 g/mol. The van der Waals surface area contributed by atoms with Crippen LogP contribution in [0.25, 0.3) is 10.4 Å². The third-order valence-electron chi connectivity index (χ3n) is 2.81. The molecule has 0 aromatic heterocycles. The molecule has 0 spiro atoms. The molecule has 11 heteroatoms. The molecule has 0 saturated carbocycles. The van der Waals surface area contributed by atoms with Gasteiger partial charge in [-0.2, -0.15) is 8.42 Å². The largest absolute Gasteiger partial charge is 0.466 e. The van der Waals surface area contributed by atoms with Gasteiger partial charge in [-0.1, -0.05) is 5.11 Å². The number of esters is 1. The number of carbonyl (C=O) groups is 1. The minimum absolute atomic E-state index is 0.0240. The highest BCUT2D eigenvalue weighted by atomic mass is 32.2. The second kappa shape index (κ2) is 8.11. The second-order valence-electron chi connectivity index (χ2n) is 4.46. The molecule has 1 aliphatic carbocycles. The first kappa shape index (κ1) is 18.4. The predicted molar refractivity (Wildman–Crippen MR) is 74.1 cm³/mol. The van der Waals surface area contributed by atoms with E-state index in [2.05, 4.69) is 14.8 Å². The summed E-state index contributed by atoms with van der Waals surface area (Å²) >= 11 is 0. The minimum Gasteiger partial charge on any atom is -0.466 e. The second-order valence-corrected chi connectivity index (χ2v) is 6.06. The maximum atomic E-state index is 11.7. The molecule has 0 bridgehead atoms. The molecule has 0 fully saturated rings. The third kappa shape index (κ3) is 5.28. The Kier molecular flexibility index (Phi) is 6.78. The van der Waals surface area contributed by atoms with E-state index in [1.54, 1.807) is 0 Å². The fraction of sp³-hybridized carbons (Fsp3) is 0.727. The highest BCUT2D eigenvalue weighted by molar-refractivity contribution is 7.86. The molecule has 0 amide bonds. The zero-order chi connectivity index (χ0) is 16.8. The van der Waals surface area contributed by atoms with Gasteiger partial charge < -0.3 is 14.2 Å². The zero-order valence-electron chi connectivity index (χ0n) is 12.3. The zero-order valence-corrected chi connectivity index (χ0v) is 13.1. The Labute approximate surface area is 127 Å². The molecular formula is C11H17N3O7S. The van der Waals surface area contributed by atoms with Gasteiger partial charge in [0, 0.05) is 17.6 Å². The molecule has 0 radical (unpaired) electrons. The molecule has 1 aliphatic rings. The standard InChI is InChI=1S/C11H17N3O7S/c1-18-6-20-9-5-7(11(15)19-2)4-8(13-14-12)10(9)21-22(3,16)17/h5,8-10H,4,6H2,1-3H3/t8?,9?,10-/m0/s1. The Bertz CT molecular complexity index is 582. The number of azide groups is 1. The van der Waals surface area contributed by atoms with Crippen LogP contribution in [0.1, 0.15) is 6.42 Å². The van der Waals surface area contributed by atoms with E-state index < -0.39 is 34.3 Å². The van der Waals surface area contributed by atoms with Gasteiger partial charge in [0.05, 0.1) is 19.4 Å². The van der Waals surface area contributed by atoms with Crippen LogP contribution in [0.5, 0.6) is 0 Å². The van der Waals surface area contributed by atoms with Crippen LogP contribution in [0.3, 0.4) is 0 Å². The van der Waals surface area contributed by atoms with Crippen molar-refractivity contribution in [3.05, 3.63) is 22.1 Å². The van der Waals surface area contributed by atoms with E-state index in [1.165, 1.54) is 20.3 Å². The smallest absolute Gasteiger partial charge is 0.333 e. The molecule has 124 valence electrons. The summed E-state index contributed by atoms with van der Waals surface area (Å²) in [6, 6.07) is -0.944. The molecule has 0 saturated heterocycles. The summed E-state index contributed by atoms with van der Waals surface area (Å²) in [4.78, 5) is 14.3. The van der Waals surface area contributed by atoms with E-state index in [4.69, 9.17) is 19.2 Å². The van der Waals surface area contributed by atoms with Gasteiger partial charge in [0.25, 0.3) is 10.1 Å². The predicted octanol–water partition coefficient (Wildman–Crippen LogP) is 0.502. The Balaban J connectivity index is 3.17. The number of hydrogen-bond donors (Lipinski definition) is 0. The number of methoxy groups -OCH3 is 2. The van der Waals surface area contributed by atoms with Crippen molar-refractivity contribution in [2.24, 2.45) is 5.11 Å². The number of carbonyl (C=O) groups excluding carboxylic acids is 1. The summed E-state index contributed by atoms with van der Waals surface area (Å²) in [5.41, 5.74) is 8.83. The lowest BCUT2D eigenvalue weighted by atomic mass is 9.90. The van der Waals surface area contributed by atoms with Gasteiger partial charge in [-0.25, -0.2) is 4.79 Å². The van der Waals surface area contributed by atoms with Crippen molar-refractivity contribution >= 4 is 16.1 Å². The molecule has 0 heterocycles. The van der Waals surface area contributed by atoms with Crippen molar-refractivity contribution in [2.45, 2.75) is 24.7 Å². The van der Waals surface area contributed by atoms with E-state index in [0.29, 0.717) is 0 Å².